The van der Waals surface area contributed by atoms with Gasteiger partial charge in [0.05, 0.1) is 10.9 Å². The number of rotatable bonds is 8. The largest absolute Gasteiger partial charge is 2.00 e. The fourth-order valence-corrected chi connectivity index (χ4v) is 8.77. The molecular formula is C27H44Cl4Mg2N2P2. The van der Waals surface area contributed by atoms with Gasteiger partial charge in [-0.1, -0.05) is 53.7 Å². The Morgan fingerprint density at radius 3 is 1.19 bits per heavy atom. The molecule has 2 aromatic heterocycles. The van der Waals surface area contributed by atoms with Gasteiger partial charge in [-0.15, -0.1) is 23.2 Å². The van der Waals surface area contributed by atoms with Crippen molar-refractivity contribution in [2.24, 2.45) is 0 Å². The number of aromatic nitrogens is 2. The smallest absolute Gasteiger partial charge is 1.00 e. The van der Waals surface area contributed by atoms with E-state index in [4.69, 9.17) is 23.2 Å². The Bertz CT molecular complexity index is 660. The summed E-state index contributed by atoms with van der Waals surface area (Å²) in [5, 5.41) is 0.582. The van der Waals surface area contributed by atoms with Gasteiger partial charge < -0.3 is 45.1 Å². The van der Waals surface area contributed by atoms with Crippen molar-refractivity contribution in [1.82, 2.24) is 9.97 Å². The molecule has 0 aliphatic heterocycles. The molecule has 2 rings (SSSR count). The van der Waals surface area contributed by atoms with Crippen LogP contribution in [0.25, 0.3) is 0 Å². The van der Waals surface area contributed by atoms with E-state index in [1.165, 1.54) is 29.6 Å². The summed E-state index contributed by atoms with van der Waals surface area (Å²) >= 11 is 10.4. The molecule has 2 unspecified atom stereocenters. The molecule has 0 aliphatic carbocycles. The van der Waals surface area contributed by atoms with E-state index in [-0.39, 0.29) is 86.8 Å². The van der Waals surface area contributed by atoms with Crippen molar-refractivity contribution in [1.29, 1.82) is 0 Å². The predicted molar refractivity (Wildman–Crippen MR) is 168 cm³/mol. The van der Waals surface area contributed by atoms with Gasteiger partial charge in [-0.2, -0.15) is 0 Å². The molecule has 0 amide bonds. The Balaban J connectivity index is -0.000000251. The van der Waals surface area contributed by atoms with E-state index in [0.717, 1.165) is 12.8 Å². The molecule has 2 atom stereocenters. The molecule has 2 aromatic rings. The van der Waals surface area contributed by atoms with Gasteiger partial charge in [-0.05, 0) is 75.6 Å². The maximum atomic E-state index is 5.22. The van der Waals surface area contributed by atoms with Crippen LogP contribution in [0.5, 0.6) is 0 Å². The average Bonchev–Trinajstić information content (AvgIpc) is 2.75. The van der Waals surface area contributed by atoms with Crippen LogP contribution in [-0.4, -0.2) is 90.5 Å². The van der Waals surface area contributed by atoms with Gasteiger partial charge in [0, 0.05) is 24.2 Å². The van der Waals surface area contributed by atoms with E-state index in [9.17, 15) is 0 Å². The summed E-state index contributed by atoms with van der Waals surface area (Å²) in [6, 6.07) is 12.7. The standard InChI is InChI=1S/C21H32N2P2.C3H6Cl2.C3H6.2ClH.2Mg/c1-20(2,3)24(18-12-7-9-14-22-18)16-11-17-25(21(4,5)6)19-13-8-10-15-23-19;4-2-1-3-5;1-3-2;;;;/h7-10,12-15H,11,16-17H2,1-6H3;1-3H2;1-3H2;2*1H;;/q;;-2;;;2*+2/p-2. The third kappa shape index (κ3) is 23.1. The monoisotopic (exact) mass is 646 g/mol. The van der Waals surface area contributed by atoms with Crippen molar-refractivity contribution in [2.45, 2.75) is 71.1 Å². The number of nitrogens with zero attached hydrogens (tertiary/aromatic N) is 2. The topological polar surface area (TPSA) is 25.8 Å². The van der Waals surface area contributed by atoms with Gasteiger partial charge in [0.1, 0.15) is 0 Å². The number of hydrogen-bond acceptors (Lipinski definition) is 2. The van der Waals surface area contributed by atoms with E-state index in [1.54, 1.807) is 0 Å². The number of pyridine rings is 2. The van der Waals surface area contributed by atoms with Crippen molar-refractivity contribution in [3.8, 4) is 0 Å². The van der Waals surface area contributed by atoms with Crippen LogP contribution in [0.15, 0.2) is 48.8 Å². The molecule has 37 heavy (non-hydrogen) atoms. The minimum atomic E-state index is -0.253. The maximum Gasteiger partial charge on any atom is 2.00 e. The second-order valence-corrected chi connectivity index (χ2v) is 16.4. The normalized spacial score (nSPS) is 11.7. The van der Waals surface area contributed by atoms with Gasteiger partial charge in [0.2, 0.25) is 0 Å². The van der Waals surface area contributed by atoms with Gasteiger partial charge in [-0.3, -0.25) is 9.97 Å². The zero-order valence-corrected chi connectivity index (χ0v) is 31.3. The SMILES string of the molecule is CC(C)(C)P(CCCP(c1ccccn1)C(C)(C)C)c1ccccn1.ClCCCCl.[CH2-]C[CH2-].[Cl-].[Cl-].[Mg+2].[Mg+2]. The van der Waals surface area contributed by atoms with Gasteiger partial charge in [0.25, 0.3) is 0 Å². The van der Waals surface area contributed by atoms with Crippen molar-refractivity contribution < 1.29 is 24.8 Å². The second-order valence-electron chi connectivity index (χ2n) is 9.46. The van der Waals surface area contributed by atoms with E-state index < -0.39 is 0 Å². The molecule has 10 heteroatoms. The molecule has 0 N–H and O–H groups in total. The minimum Gasteiger partial charge on any atom is -1.00 e. The molecule has 0 fully saturated rings. The Labute approximate surface area is 286 Å². The molecule has 0 radical (unpaired) electrons. The third-order valence-corrected chi connectivity index (χ3v) is 11.4. The van der Waals surface area contributed by atoms with E-state index in [2.05, 4.69) is 89.6 Å². The summed E-state index contributed by atoms with van der Waals surface area (Å²) in [4.78, 5) is 9.34. The van der Waals surface area contributed by atoms with Crippen LogP contribution < -0.4 is 35.7 Å². The van der Waals surface area contributed by atoms with E-state index >= 15 is 0 Å². The molecule has 0 saturated carbocycles. The summed E-state index contributed by atoms with van der Waals surface area (Å²) in [6.45, 7) is 20.9. The molecule has 204 valence electrons. The first-order valence-corrected chi connectivity index (χ1v) is 15.7. The number of alkyl halides is 2. The van der Waals surface area contributed by atoms with Crippen LogP contribution in [0.3, 0.4) is 0 Å². The van der Waals surface area contributed by atoms with Crippen molar-refractivity contribution >= 4 is 96.0 Å². The molecule has 2 nitrogen and oxygen atoms in total. The maximum absolute atomic E-state index is 5.22. The van der Waals surface area contributed by atoms with Gasteiger partial charge in [-0.25, -0.2) is 0 Å². The predicted octanol–water partition coefficient (Wildman–Crippen LogP) is 1.52. The number of hydrogen-bond donors (Lipinski definition) is 0. The summed E-state index contributed by atoms with van der Waals surface area (Å²) < 4.78 is 0. The summed E-state index contributed by atoms with van der Waals surface area (Å²) in [5.74, 6) is 1.37. The van der Waals surface area contributed by atoms with Crippen LogP contribution in [0.2, 0.25) is 0 Å². The van der Waals surface area contributed by atoms with Crippen LogP contribution in [0, 0.1) is 13.8 Å². The molecule has 2 heterocycles. The van der Waals surface area contributed by atoms with Crippen LogP contribution in [0.1, 0.15) is 60.8 Å². The van der Waals surface area contributed by atoms with Gasteiger partial charge in [0.15, 0.2) is 0 Å². The summed E-state index contributed by atoms with van der Waals surface area (Å²) in [7, 11) is -0.507. The Morgan fingerprint density at radius 1 is 0.676 bits per heavy atom. The van der Waals surface area contributed by atoms with Crippen LogP contribution >= 0.6 is 39.0 Å². The molecular weight excluding hydrogens is 605 g/mol. The molecule has 0 spiro atoms. The summed E-state index contributed by atoms with van der Waals surface area (Å²) in [5.41, 5.74) is 2.59. The molecule has 0 bridgehead atoms. The molecule has 0 aliphatic rings. The minimum absolute atomic E-state index is 0. The van der Waals surface area contributed by atoms with Gasteiger partial charge >= 0.3 is 46.1 Å². The molecule has 0 aromatic carbocycles. The molecule has 0 saturated heterocycles. The first-order chi connectivity index (χ1) is 15.5. The zero-order valence-electron chi connectivity index (χ0n) is 23.7. The van der Waals surface area contributed by atoms with Crippen molar-refractivity contribution in [3.05, 3.63) is 62.6 Å². The van der Waals surface area contributed by atoms with Crippen LogP contribution in [-0.2, 0) is 0 Å². The Morgan fingerprint density at radius 2 is 1.00 bits per heavy atom. The fourth-order valence-electron chi connectivity index (χ4n) is 3.05. The third-order valence-electron chi connectivity index (χ3n) is 4.50. The average molecular weight is 649 g/mol. The Kier molecular flexibility index (Phi) is 36.8. The zero-order chi connectivity index (χ0) is 25.3. The van der Waals surface area contributed by atoms with Crippen molar-refractivity contribution in [3.63, 3.8) is 0 Å². The van der Waals surface area contributed by atoms with Crippen LogP contribution in [0.4, 0.5) is 0 Å². The second kappa shape index (κ2) is 28.0. The first-order valence-electron chi connectivity index (χ1n) is 11.6. The van der Waals surface area contributed by atoms with E-state index in [1.807, 2.05) is 24.5 Å². The summed E-state index contributed by atoms with van der Waals surface area (Å²) in [6.07, 6.45) is 9.29. The quantitative estimate of drug-likeness (QED) is 0.188. The number of halogens is 4. The first kappa shape index (κ1) is 48.6. The Hall–Kier alpha value is 1.85. The van der Waals surface area contributed by atoms with Crippen molar-refractivity contribution in [2.75, 3.05) is 24.1 Å². The fraction of sp³-hybridized carbons (Fsp3) is 0.556. The van der Waals surface area contributed by atoms with E-state index in [0.29, 0.717) is 22.1 Å².